The molecule has 1 fully saturated rings. The van der Waals surface area contributed by atoms with E-state index in [1.807, 2.05) is 11.3 Å². The van der Waals surface area contributed by atoms with E-state index >= 15 is 0 Å². The molecular weight excluding hydrogens is 274 g/mol. The van der Waals surface area contributed by atoms with Crippen LogP contribution in [0.1, 0.15) is 69.1 Å². The Morgan fingerprint density at radius 3 is 2.38 bits per heavy atom. The lowest BCUT2D eigenvalue weighted by Crippen LogP contribution is -2.39. The van der Waals surface area contributed by atoms with Gasteiger partial charge in [0.05, 0.1) is 0 Å². The maximum absolute atomic E-state index is 3.78. The molecule has 1 N–H and O–H groups in total. The summed E-state index contributed by atoms with van der Waals surface area (Å²) in [5.74, 6) is 1.91. The number of aryl methyl sites for hydroxylation is 1. The lowest BCUT2D eigenvalue weighted by Gasteiger charge is -2.34. The van der Waals surface area contributed by atoms with Gasteiger partial charge in [-0.2, -0.15) is 0 Å². The molecule has 120 valence electrons. The second-order valence-corrected chi connectivity index (χ2v) is 7.91. The molecule has 1 atom stereocenters. The third kappa shape index (κ3) is 5.10. The van der Waals surface area contributed by atoms with Gasteiger partial charge in [0.2, 0.25) is 0 Å². The van der Waals surface area contributed by atoms with Crippen LogP contribution in [-0.4, -0.2) is 12.6 Å². The Bertz CT molecular complexity index is 390. The largest absolute Gasteiger partial charge is 0.314 e. The fourth-order valence-electron chi connectivity index (χ4n) is 3.89. The number of rotatable bonds is 8. The molecule has 0 amide bonds. The van der Waals surface area contributed by atoms with Crippen molar-refractivity contribution in [2.45, 2.75) is 78.2 Å². The van der Waals surface area contributed by atoms with Crippen LogP contribution in [0.4, 0.5) is 0 Å². The molecule has 0 bridgehead atoms. The molecular formula is C19H33NS. The first-order valence-corrected chi connectivity index (χ1v) is 9.89. The van der Waals surface area contributed by atoms with Gasteiger partial charge in [0.1, 0.15) is 0 Å². The predicted molar refractivity (Wildman–Crippen MR) is 95.2 cm³/mol. The summed E-state index contributed by atoms with van der Waals surface area (Å²) in [4.78, 5) is 3.11. The van der Waals surface area contributed by atoms with Crippen molar-refractivity contribution in [1.29, 1.82) is 0 Å². The fourth-order valence-corrected chi connectivity index (χ4v) is 4.91. The van der Waals surface area contributed by atoms with E-state index in [9.17, 15) is 0 Å². The van der Waals surface area contributed by atoms with Crippen molar-refractivity contribution in [3.8, 4) is 0 Å². The number of likely N-dealkylation sites (N-methyl/N-ethyl adjacent to an activating group) is 1. The maximum atomic E-state index is 3.78. The van der Waals surface area contributed by atoms with Gasteiger partial charge in [-0.25, -0.2) is 0 Å². The number of hydrogen-bond acceptors (Lipinski definition) is 2. The Morgan fingerprint density at radius 2 is 1.81 bits per heavy atom. The zero-order valence-corrected chi connectivity index (χ0v) is 15.0. The first kappa shape index (κ1) is 17.0. The van der Waals surface area contributed by atoms with Crippen LogP contribution in [0.25, 0.3) is 0 Å². The molecule has 1 nitrogen and oxygen atoms in total. The van der Waals surface area contributed by atoms with Gasteiger partial charge in [-0.1, -0.05) is 46.5 Å². The normalized spacial score (nSPS) is 24.1. The van der Waals surface area contributed by atoms with Gasteiger partial charge in [-0.05, 0) is 56.2 Å². The fraction of sp³-hybridized carbons (Fsp3) is 0.789. The molecule has 1 aromatic heterocycles. The molecule has 1 unspecified atom stereocenters. The Hall–Kier alpha value is -0.340. The van der Waals surface area contributed by atoms with Gasteiger partial charge in [-0.3, -0.25) is 0 Å². The van der Waals surface area contributed by atoms with Crippen LogP contribution in [-0.2, 0) is 12.8 Å². The minimum atomic E-state index is 0.695. The summed E-state index contributed by atoms with van der Waals surface area (Å²) >= 11 is 2.02. The van der Waals surface area contributed by atoms with Crippen LogP contribution in [0.15, 0.2) is 12.1 Å². The van der Waals surface area contributed by atoms with Crippen molar-refractivity contribution in [2.24, 2.45) is 11.8 Å². The quantitative estimate of drug-likeness (QED) is 0.674. The predicted octanol–water partition coefficient (Wildman–Crippen LogP) is 5.44. The molecule has 2 rings (SSSR count). The second kappa shape index (κ2) is 8.95. The van der Waals surface area contributed by atoms with Gasteiger partial charge < -0.3 is 5.32 Å². The molecule has 0 spiro atoms. The number of thiophene rings is 1. The van der Waals surface area contributed by atoms with E-state index < -0.39 is 0 Å². The van der Waals surface area contributed by atoms with Crippen molar-refractivity contribution >= 4 is 11.3 Å². The van der Waals surface area contributed by atoms with Crippen molar-refractivity contribution in [3.05, 3.63) is 21.9 Å². The average Bonchev–Trinajstić information content (AvgIpc) is 2.96. The summed E-state index contributed by atoms with van der Waals surface area (Å²) in [7, 11) is 0. The molecule has 1 aromatic rings. The van der Waals surface area contributed by atoms with Crippen LogP contribution in [0.5, 0.6) is 0 Å². The summed E-state index contributed by atoms with van der Waals surface area (Å²) < 4.78 is 0. The Kier molecular flexibility index (Phi) is 7.25. The van der Waals surface area contributed by atoms with Crippen molar-refractivity contribution in [2.75, 3.05) is 6.54 Å². The van der Waals surface area contributed by atoms with Crippen molar-refractivity contribution < 1.29 is 0 Å². The van der Waals surface area contributed by atoms with Crippen LogP contribution in [0.2, 0.25) is 0 Å². The van der Waals surface area contributed by atoms with Gasteiger partial charge in [0.25, 0.3) is 0 Å². The van der Waals surface area contributed by atoms with E-state index in [-0.39, 0.29) is 0 Å². The Morgan fingerprint density at radius 1 is 1.10 bits per heavy atom. The summed E-state index contributed by atoms with van der Waals surface area (Å²) in [5.41, 5.74) is 0. The summed E-state index contributed by atoms with van der Waals surface area (Å²) in [6.07, 6.45) is 11.0. The smallest absolute Gasteiger partial charge is 0.0143 e. The monoisotopic (exact) mass is 307 g/mol. The third-order valence-electron chi connectivity index (χ3n) is 5.11. The van der Waals surface area contributed by atoms with Gasteiger partial charge >= 0.3 is 0 Å². The van der Waals surface area contributed by atoms with E-state index in [4.69, 9.17) is 0 Å². The minimum absolute atomic E-state index is 0.695. The molecule has 2 heteroatoms. The van der Waals surface area contributed by atoms with E-state index in [1.54, 1.807) is 4.88 Å². The van der Waals surface area contributed by atoms with E-state index in [2.05, 4.69) is 38.2 Å². The lowest BCUT2D eigenvalue weighted by molar-refractivity contribution is 0.214. The molecule has 1 aliphatic rings. The van der Waals surface area contributed by atoms with E-state index in [0.717, 1.165) is 18.4 Å². The highest BCUT2D eigenvalue weighted by Gasteiger charge is 2.27. The molecule has 21 heavy (non-hydrogen) atoms. The van der Waals surface area contributed by atoms with E-state index in [1.165, 1.54) is 56.2 Å². The van der Waals surface area contributed by atoms with Crippen LogP contribution in [0.3, 0.4) is 0 Å². The van der Waals surface area contributed by atoms with Crippen LogP contribution >= 0.6 is 11.3 Å². The zero-order valence-electron chi connectivity index (χ0n) is 14.2. The van der Waals surface area contributed by atoms with Crippen LogP contribution in [0, 0.1) is 11.8 Å². The summed E-state index contributed by atoms with van der Waals surface area (Å²) in [6, 6.07) is 5.37. The summed E-state index contributed by atoms with van der Waals surface area (Å²) in [6.45, 7) is 7.94. The highest BCUT2D eigenvalue weighted by Crippen LogP contribution is 2.34. The molecule has 1 heterocycles. The standard InChI is InChI=1S/C19H33NS/c1-4-7-15-8-10-16(11-9-15)19(20-6-3)14-18-13-12-17(5-2)21-18/h12-13,15-16,19-20H,4-11,14H2,1-3H3. The van der Waals surface area contributed by atoms with E-state index in [0.29, 0.717) is 6.04 Å². The zero-order chi connectivity index (χ0) is 15.1. The Labute approximate surface area is 135 Å². The number of hydrogen-bond donors (Lipinski definition) is 1. The molecule has 0 saturated heterocycles. The summed E-state index contributed by atoms with van der Waals surface area (Å²) in [5, 5.41) is 3.78. The molecule has 0 aromatic carbocycles. The highest BCUT2D eigenvalue weighted by atomic mass is 32.1. The molecule has 0 aliphatic heterocycles. The Balaban J connectivity index is 1.89. The lowest BCUT2D eigenvalue weighted by atomic mass is 9.76. The minimum Gasteiger partial charge on any atom is -0.314 e. The van der Waals surface area contributed by atoms with Gasteiger partial charge in [0.15, 0.2) is 0 Å². The molecule has 1 saturated carbocycles. The third-order valence-corrected chi connectivity index (χ3v) is 6.36. The van der Waals surface area contributed by atoms with Crippen LogP contribution < -0.4 is 5.32 Å². The topological polar surface area (TPSA) is 12.0 Å². The average molecular weight is 308 g/mol. The highest BCUT2D eigenvalue weighted by molar-refractivity contribution is 7.11. The molecule has 0 radical (unpaired) electrons. The second-order valence-electron chi connectivity index (χ2n) is 6.66. The SMILES string of the molecule is CCCC1CCC(C(Cc2ccc(CC)s2)NCC)CC1. The number of nitrogens with one attached hydrogen (secondary N) is 1. The first-order valence-electron chi connectivity index (χ1n) is 9.07. The maximum Gasteiger partial charge on any atom is 0.0143 e. The van der Waals surface area contributed by atoms with Crippen molar-refractivity contribution in [1.82, 2.24) is 5.32 Å². The first-order chi connectivity index (χ1) is 10.3. The van der Waals surface area contributed by atoms with Gasteiger partial charge in [0, 0.05) is 15.8 Å². The van der Waals surface area contributed by atoms with Crippen molar-refractivity contribution in [3.63, 3.8) is 0 Å². The molecule has 1 aliphatic carbocycles. The van der Waals surface area contributed by atoms with Gasteiger partial charge in [-0.15, -0.1) is 11.3 Å².